The van der Waals surface area contributed by atoms with E-state index in [1.807, 2.05) is 19.1 Å². The molecule has 1 amide bonds. The molecule has 1 aliphatic heterocycles. The van der Waals surface area contributed by atoms with Gasteiger partial charge in [0.05, 0.1) is 6.04 Å². The van der Waals surface area contributed by atoms with Crippen molar-refractivity contribution in [3.05, 3.63) is 29.3 Å². The summed E-state index contributed by atoms with van der Waals surface area (Å²) in [6.45, 7) is 5.04. The van der Waals surface area contributed by atoms with Crippen LogP contribution in [0.1, 0.15) is 24.0 Å². The van der Waals surface area contributed by atoms with Gasteiger partial charge in [0, 0.05) is 5.69 Å². The predicted molar refractivity (Wildman–Crippen MR) is 72.8 cm³/mol. The maximum Gasteiger partial charge on any atom is 0.241 e. The predicted octanol–water partition coefficient (Wildman–Crippen LogP) is 2.42. The number of anilines is 1. The Morgan fingerprint density at radius 1 is 1.41 bits per heavy atom. The lowest BCUT2D eigenvalue weighted by molar-refractivity contribution is -0.117. The standard InChI is InChI=1S/C13H18N2O.ClH/c1-9-5-3-6-11(10(9)2)15-13(16)12-7-4-8-14-12;/h3,5-6,12,14H,4,7-8H2,1-2H3,(H,15,16);1H. The van der Waals surface area contributed by atoms with E-state index in [-0.39, 0.29) is 24.4 Å². The van der Waals surface area contributed by atoms with Gasteiger partial charge < -0.3 is 10.6 Å². The molecule has 1 fully saturated rings. The maximum absolute atomic E-state index is 11.9. The minimum atomic E-state index is -0.0140. The Hall–Kier alpha value is -1.06. The van der Waals surface area contributed by atoms with E-state index in [1.54, 1.807) is 0 Å². The van der Waals surface area contributed by atoms with Crippen molar-refractivity contribution in [2.45, 2.75) is 32.7 Å². The highest BCUT2D eigenvalue weighted by molar-refractivity contribution is 5.95. The van der Waals surface area contributed by atoms with Crippen molar-refractivity contribution in [1.82, 2.24) is 5.32 Å². The number of benzene rings is 1. The molecule has 1 heterocycles. The van der Waals surface area contributed by atoms with Gasteiger partial charge in [-0.15, -0.1) is 12.4 Å². The summed E-state index contributed by atoms with van der Waals surface area (Å²) >= 11 is 0. The van der Waals surface area contributed by atoms with Gasteiger partial charge in [-0.3, -0.25) is 4.79 Å². The largest absolute Gasteiger partial charge is 0.324 e. The lowest BCUT2D eigenvalue weighted by Gasteiger charge is -2.13. The summed E-state index contributed by atoms with van der Waals surface area (Å²) < 4.78 is 0. The SMILES string of the molecule is Cc1cccc(NC(=O)C2CCCN2)c1C.Cl. The van der Waals surface area contributed by atoms with Crippen LogP contribution in [-0.2, 0) is 4.79 Å². The Morgan fingerprint density at radius 2 is 2.18 bits per heavy atom. The van der Waals surface area contributed by atoms with Crippen LogP contribution in [0, 0.1) is 13.8 Å². The van der Waals surface area contributed by atoms with E-state index in [9.17, 15) is 4.79 Å². The average molecular weight is 255 g/mol. The average Bonchev–Trinajstić information content (AvgIpc) is 2.78. The van der Waals surface area contributed by atoms with Gasteiger partial charge in [-0.05, 0) is 50.4 Å². The molecule has 0 aliphatic carbocycles. The summed E-state index contributed by atoms with van der Waals surface area (Å²) in [7, 11) is 0. The Morgan fingerprint density at radius 3 is 2.82 bits per heavy atom. The second-order valence-electron chi connectivity index (χ2n) is 4.39. The molecule has 0 saturated carbocycles. The van der Waals surface area contributed by atoms with Gasteiger partial charge in [0.15, 0.2) is 0 Å². The number of hydrogen-bond donors (Lipinski definition) is 2. The molecule has 0 radical (unpaired) electrons. The number of carbonyl (C=O) groups is 1. The van der Waals surface area contributed by atoms with Crippen molar-refractivity contribution in [2.24, 2.45) is 0 Å². The quantitative estimate of drug-likeness (QED) is 0.851. The molecule has 1 aliphatic rings. The van der Waals surface area contributed by atoms with E-state index in [2.05, 4.69) is 23.6 Å². The molecule has 94 valence electrons. The second-order valence-corrected chi connectivity index (χ2v) is 4.39. The zero-order chi connectivity index (χ0) is 11.5. The number of aryl methyl sites for hydroxylation is 1. The van der Waals surface area contributed by atoms with E-state index in [0.29, 0.717) is 0 Å². The summed E-state index contributed by atoms with van der Waals surface area (Å²) in [6, 6.07) is 5.97. The van der Waals surface area contributed by atoms with Crippen molar-refractivity contribution in [1.29, 1.82) is 0 Å². The summed E-state index contributed by atoms with van der Waals surface area (Å²) in [4.78, 5) is 11.9. The van der Waals surface area contributed by atoms with Crippen LogP contribution in [0.2, 0.25) is 0 Å². The second kappa shape index (κ2) is 6.03. The molecule has 1 unspecified atom stereocenters. The molecule has 1 atom stereocenters. The molecule has 4 heteroatoms. The van der Waals surface area contributed by atoms with Crippen molar-refractivity contribution in [2.75, 3.05) is 11.9 Å². The van der Waals surface area contributed by atoms with Crippen LogP contribution < -0.4 is 10.6 Å². The number of carbonyl (C=O) groups excluding carboxylic acids is 1. The first-order valence-electron chi connectivity index (χ1n) is 5.79. The summed E-state index contributed by atoms with van der Waals surface area (Å²) in [5.41, 5.74) is 3.28. The Labute approximate surface area is 108 Å². The number of hydrogen-bond acceptors (Lipinski definition) is 2. The van der Waals surface area contributed by atoms with E-state index in [4.69, 9.17) is 0 Å². The van der Waals surface area contributed by atoms with E-state index in [0.717, 1.165) is 30.6 Å². The zero-order valence-corrected chi connectivity index (χ0v) is 11.1. The summed E-state index contributed by atoms with van der Waals surface area (Å²) in [6.07, 6.45) is 2.03. The fourth-order valence-corrected chi connectivity index (χ4v) is 2.01. The monoisotopic (exact) mass is 254 g/mol. The maximum atomic E-state index is 11.9. The fourth-order valence-electron chi connectivity index (χ4n) is 2.01. The minimum absolute atomic E-state index is 0. The molecular formula is C13H19ClN2O. The third kappa shape index (κ3) is 3.20. The van der Waals surface area contributed by atoms with Gasteiger partial charge in [-0.2, -0.15) is 0 Å². The first-order valence-corrected chi connectivity index (χ1v) is 5.79. The topological polar surface area (TPSA) is 41.1 Å². The summed E-state index contributed by atoms with van der Waals surface area (Å²) in [5.74, 6) is 0.0891. The highest BCUT2D eigenvalue weighted by Gasteiger charge is 2.22. The normalized spacial score (nSPS) is 18.6. The van der Waals surface area contributed by atoms with Gasteiger partial charge in [0.2, 0.25) is 5.91 Å². The smallest absolute Gasteiger partial charge is 0.241 e. The van der Waals surface area contributed by atoms with Gasteiger partial charge in [-0.1, -0.05) is 12.1 Å². The lowest BCUT2D eigenvalue weighted by atomic mass is 10.1. The van der Waals surface area contributed by atoms with Gasteiger partial charge in [0.1, 0.15) is 0 Å². The Balaban J connectivity index is 0.00000144. The number of rotatable bonds is 2. The van der Waals surface area contributed by atoms with Crippen molar-refractivity contribution in [3.8, 4) is 0 Å². The van der Waals surface area contributed by atoms with Gasteiger partial charge in [-0.25, -0.2) is 0 Å². The molecule has 0 bridgehead atoms. The van der Waals surface area contributed by atoms with Crippen LogP contribution in [0.4, 0.5) is 5.69 Å². The van der Waals surface area contributed by atoms with Crippen molar-refractivity contribution in [3.63, 3.8) is 0 Å². The number of amides is 1. The fraction of sp³-hybridized carbons (Fsp3) is 0.462. The molecule has 0 aromatic heterocycles. The Kier molecular flexibility index (Phi) is 4.97. The van der Waals surface area contributed by atoms with Crippen LogP contribution in [0.15, 0.2) is 18.2 Å². The highest BCUT2D eigenvalue weighted by Crippen LogP contribution is 2.18. The molecule has 0 spiro atoms. The van der Waals surface area contributed by atoms with Gasteiger partial charge >= 0.3 is 0 Å². The number of halogens is 1. The van der Waals surface area contributed by atoms with E-state index >= 15 is 0 Å². The highest BCUT2D eigenvalue weighted by atomic mass is 35.5. The first-order chi connectivity index (χ1) is 7.68. The van der Waals surface area contributed by atoms with E-state index in [1.165, 1.54) is 5.56 Å². The van der Waals surface area contributed by atoms with Gasteiger partial charge in [0.25, 0.3) is 0 Å². The van der Waals surface area contributed by atoms with Crippen LogP contribution in [0.3, 0.4) is 0 Å². The molecule has 17 heavy (non-hydrogen) atoms. The van der Waals surface area contributed by atoms with Crippen LogP contribution in [0.25, 0.3) is 0 Å². The van der Waals surface area contributed by atoms with Crippen LogP contribution in [0.5, 0.6) is 0 Å². The number of nitrogens with one attached hydrogen (secondary N) is 2. The third-order valence-corrected chi connectivity index (χ3v) is 3.24. The third-order valence-electron chi connectivity index (χ3n) is 3.24. The molecule has 1 aromatic rings. The molecule has 1 aromatic carbocycles. The molecule has 3 nitrogen and oxygen atoms in total. The molecule has 1 saturated heterocycles. The van der Waals surface area contributed by atoms with Crippen molar-refractivity contribution < 1.29 is 4.79 Å². The first kappa shape index (κ1) is 14.0. The molecule has 2 rings (SSSR count). The molecular weight excluding hydrogens is 236 g/mol. The van der Waals surface area contributed by atoms with E-state index < -0.39 is 0 Å². The zero-order valence-electron chi connectivity index (χ0n) is 10.2. The van der Waals surface area contributed by atoms with Crippen molar-refractivity contribution >= 4 is 24.0 Å². The van der Waals surface area contributed by atoms with Crippen LogP contribution >= 0.6 is 12.4 Å². The lowest BCUT2D eigenvalue weighted by Crippen LogP contribution is -2.35. The molecule has 2 N–H and O–H groups in total. The van der Waals surface area contributed by atoms with Crippen LogP contribution in [-0.4, -0.2) is 18.5 Å². The Bertz CT molecular complexity index is 400. The summed E-state index contributed by atoms with van der Waals surface area (Å²) in [5, 5.41) is 6.19. The minimum Gasteiger partial charge on any atom is -0.324 e.